The van der Waals surface area contributed by atoms with Gasteiger partial charge in [0.1, 0.15) is 0 Å². The lowest BCUT2D eigenvalue weighted by Gasteiger charge is -2.22. The average Bonchev–Trinajstić information content (AvgIpc) is 2.27. The first-order chi connectivity index (χ1) is 8.91. The van der Waals surface area contributed by atoms with Gasteiger partial charge in [-0.3, -0.25) is 4.57 Å². The van der Waals surface area contributed by atoms with Crippen LogP contribution in [0.5, 0.6) is 0 Å². The Hall–Kier alpha value is -0.630. The molecule has 0 N–H and O–H groups in total. The maximum atomic E-state index is 12.6. The van der Waals surface area contributed by atoms with Gasteiger partial charge in [0, 0.05) is 0 Å². The summed E-state index contributed by atoms with van der Waals surface area (Å²) in [6.45, 7) is 7.53. The smallest absolute Gasteiger partial charge is 0.306 e. The molecule has 1 rings (SSSR count). The summed E-state index contributed by atoms with van der Waals surface area (Å²) in [6, 6.07) is 10.2. The van der Waals surface area contributed by atoms with Crippen molar-refractivity contribution in [3.63, 3.8) is 0 Å². The molecule has 3 nitrogen and oxygen atoms in total. The Morgan fingerprint density at radius 2 is 1.53 bits per heavy atom. The topological polar surface area (TPSA) is 35.5 Å². The van der Waals surface area contributed by atoms with Crippen LogP contribution in [0, 0.1) is 0 Å². The van der Waals surface area contributed by atoms with E-state index in [1.807, 2.05) is 45.9 Å². The molecule has 0 aliphatic heterocycles. The van der Waals surface area contributed by atoms with Gasteiger partial charge in [-0.25, -0.2) is 0 Å². The largest absolute Gasteiger partial charge is 0.331 e. The van der Waals surface area contributed by atoms with Gasteiger partial charge in [-0.2, -0.15) is 0 Å². The van der Waals surface area contributed by atoms with Crippen LogP contribution >= 0.6 is 7.60 Å². The summed E-state index contributed by atoms with van der Waals surface area (Å²) >= 11 is 0. The number of rotatable bonds is 8. The highest BCUT2D eigenvalue weighted by atomic mass is 31.2. The van der Waals surface area contributed by atoms with Crippen molar-refractivity contribution in [3.05, 3.63) is 35.9 Å². The molecule has 1 aromatic carbocycles. The quantitative estimate of drug-likeness (QED) is 0.651. The lowest BCUT2D eigenvalue weighted by Crippen LogP contribution is -2.10. The predicted molar refractivity (Wildman–Crippen MR) is 79.7 cm³/mol. The molecular formula is C15H25O3P. The van der Waals surface area contributed by atoms with Crippen molar-refractivity contribution in [2.75, 3.05) is 6.16 Å². The zero-order valence-electron chi connectivity index (χ0n) is 12.3. The summed E-state index contributed by atoms with van der Waals surface area (Å²) < 4.78 is 23.6. The van der Waals surface area contributed by atoms with Crippen LogP contribution in [-0.2, 0) is 20.0 Å². The van der Waals surface area contributed by atoms with Crippen LogP contribution in [0.2, 0.25) is 0 Å². The molecule has 0 aromatic heterocycles. The average molecular weight is 284 g/mol. The molecule has 0 radical (unpaired) electrons. The molecule has 1 aromatic rings. The third-order valence-corrected chi connectivity index (χ3v) is 4.83. The maximum absolute atomic E-state index is 12.6. The van der Waals surface area contributed by atoms with Gasteiger partial charge in [0.05, 0.1) is 18.4 Å². The van der Waals surface area contributed by atoms with Gasteiger partial charge in [0.2, 0.25) is 0 Å². The summed E-state index contributed by atoms with van der Waals surface area (Å²) in [5, 5.41) is 0. The minimum absolute atomic E-state index is 0.0821. The molecule has 0 saturated heterocycles. The van der Waals surface area contributed by atoms with Crippen LogP contribution in [-0.4, -0.2) is 18.4 Å². The van der Waals surface area contributed by atoms with E-state index in [0.717, 1.165) is 12.8 Å². The third kappa shape index (κ3) is 6.91. The zero-order chi connectivity index (χ0) is 14.3. The van der Waals surface area contributed by atoms with E-state index < -0.39 is 7.60 Å². The Balaban J connectivity index is 2.51. The van der Waals surface area contributed by atoms with Crippen molar-refractivity contribution in [3.8, 4) is 0 Å². The SMILES string of the molecule is CC(C)OP(=O)(CCCc1ccccc1)OC(C)C. The molecule has 0 bridgehead atoms. The highest BCUT2D eigenvalue weighted by molar-refractivity contribution is 7.53. The molecule has 108 valence electrons. The zero-order valence-corrected chi connectivity index (χ0v) is 13.2. The van der Waals surface area contributed by atoms with Crippen LogP contribution < -0.4 is 0 Å². The fraction of sp³-hybridized carbons (Fsp3) is 0.600. The van der Waals surface area contributed by atoms with Crippen LogP contribution in [0.1, 0.15) is 39.7 Å². The van der Waals surface area contributed by atoms with Crippen LogP contribution in [0.15, 0.2) is 30.3 Å². The Bertz CT molecular complexity index is 387. The van der Waals surface area contributed by atoms with Gasteiger partial charge >= 0.3 is 7.60 Å². The van der Waals surface area contributed by atoms with Crippen molar-refractivity contribution < 1.29 is 13.6 Å². The molecular weight excluding hydrogens is 259 g/mol. The molecule has 0 atom stereocenters. The van der Waals surface area contributed by atoms with E-state index in [4.69, 9.17) is 9.05 Å². The highest BCUT2D eigenvalue weighted by Gasteiger charge is 2.26. The molecule has 0 aliphatic rings. The van der Waals surface area contributed by atoms with E-state index in [9.17, 15) is 4.57 Å². The van der Waals surface area contributed by atoms with Gasteiger partial charge in [-0.05, 0) is 46.1 Å². The summed E-state index contributed by atoms with van der Waals surface area (Å²) in [5.41, 5.74) is 1.25. The van der Waals surface area contributed by atoms with E-state index in [2.05, 4.69) is 12.1 Å². The second kappa shape index (κ2) is 7.84. The number of aryl methyl sites for hydroxylation is 1. The highest BCUT2D eigenvalue weighted by Crippen LogP contribution is 2.51. The molecule has 0 amide bonds. The second-order valence-electron chi connectivity index (χ2n) is 5.23. The molecule has 19 heavy (non-hydrogen) atoms. The van der Waals surface area contributed by atoms with Gasteiger partial charge in [-0.15, -0.1) is 0 Å². The molecule has 4 heteroatoms. The van der Waals surface area contributed by atoms with Crippen molar-refractivity contribution in [1.82, 2.24) is 0 Å². The van der Waals surface area contributed by atoms with Crippen molar-refractivity contribution >= 4 is 7.60 Å². The number of hydrogen-bond acceptors (Lipinski definition) is 3. The standard InChI is InChI=1S/C15H25O3P/c1-13(2)17-19(16,18-14(3)4)12-8-11-15-9-6-5-7-10-15/h5-7,9-10,13-14H,8,11-12H2,1-4H3. The minimum Gasteiger partial charge on any atom is -0.306 e. The molecule has 0 saturated carbocycles. The molecule has 0 fully saturated rings. The molecule has 0 heterocycles. The van der Waals surface area contributed by atoms with E-state index in [0.29, 0.717) is 6.16 Å². The Morgan fingerprint density at radius 3 is 2.00 bits per heavy atom. The first-order valence-corrected chi connectivity index (χ1v) is 8.64. The molecule has 0 aliphatic carbocycles. The molecule has 0 spiro atoms. The predicted octanol–water partition coefficient (Wildman–Crippen LogP) is 4.66. The van der Waals surface area contributed by atoms with Crippen molar-refractivity contribution in [2.24, 2.45) is 0 Å². The van der Waals surface area contributed by atoms with E-state index >= 15 is 0 Å². The lowest BCUT2D eigenvalue weighted by molar-refractivity contribution is 0.142. The minimum atomic E-state index is -2.97. The van der Waals surface area contributed by atoms with E-state index in [-0.39, 0.29) is 12.2 Å². The van der Waals surface area contributed by atoms with Gasteiger partial charge in [0.15, 0.2) is 0 Å². The fourth-order valence-electron chi connectivity index (χ4n) is 1.89. The first-order valence-electron chi connectivity index (χ1n) is 6.91. The Morgan fingerprint density at radius 1 is 1.00 bits per heavy atom. The van der Waals surface area contributed by atoms with Crippen molar-refractivity contribution in [1.29, 1.82) is 0 Å². The van der Waals surface area contributed by atoms with Crippen LogP contribution in [0.3, 0.4) is 0 Å². The monoisotopic (exact) mass is 284 g/mol. The van der Waals surface area contributed by atoms with Crippen LogP contribution in [0.25, 0.3) is 0 Å². The Labute approximate surface area is 116 Å². The first kappa shape index (κ1) is 16.4. The number of benzene rings is 1. The maximum Gasteiger partial charge on any atom is 0.331 e. The third-order valence-electron chi connectivity index (χ3n) is 2.48. The summed E-state index contributed by atoms with van der Waals surface area (Å²) in [7, 11) is -2.97. The van der Waals surface area contributed by atoms with Gasteiger partial charge in [-0.1, -0.05) is 30.3 Å². The van der Waals surface area contributed by atoms with E-state index in [1.54, 1.807) is 0 Å². The fourth-order valence-corrected chi connectivity index (χ4v) is 3.98. The summed E-state index contributed by atoms with van der Waals surface area (Å²) in [5.74, 6) is 0. The van der Waals surface area contributed by atoms with Gasteiger partial charge in [0.25, 0.3) is 0 Å². The summed E-state index contributed by atoms with van der Waals surface area (Å²) in [4.78, 5) is 0. The lowest BCUT2D eigenvalue weighted by atomic mass is 10.1. The normalized spacial score (nSPS) is 12.3. The second-order valence-corrected chi connectivity index (χ2v) is 7.32. The van der Waals surface area contributed by atoms with Crippen molar-refractivity contribution in [2.45, 2.75) is 52.7 Å². The number of hydrogen-bond donors (Lipinski definition) is 0. The molecule has 0 unspecified atom stereocenters. The van der Waals surface area contributed by atoms with Crippen LogP contribution in [0.4, 0.5) is 0 Å². The van der Waals surface area contributed by atoms with Gasteiger partial charge < -0.3 is 9.05 Å². The Kier molecular flexibility index (Phi) is 6.78. The summed E-state index contributed by atoms with van der Waals surface area (Å²) in [6.07, 6.45) is 2.01. The van der Waals surface area contributed by atoms with E-state index in [1.165, 1.54) is 5.56 Å².